The van der Waals surface area contributed by atoms with Crippen LogP contribution >= 0.6 is 11.6 Å². The van der Waals surface area contributed by atoms with E-state index in [1.807, 2.05) is 13.8 Å². The molecule has 28 heavy (non-hydrogen) atoms. The van der Waals surface area contributed by atoms with Crippen molar-refractivity contribution in [2.75, 3.05) is 6.54 Å². The third-order valence-electron chi connectivity index (χ3n) is 3.85. The second kappa shape index (κ2) is 11.5. The number of carbonyl (C=O) groups excluding carboxylic acids is 2. The zero-order valence-electron chi connectivity index (χ0n) is 16.6. The van der Waals surface area contributed by atoms with E-state index in [0.29, 0.717) is 5.02 Å². The summed E-state index contributed by atoms with van der Waals surface area (Å²) in [6.45, 7) is 7.36. The lowest BCUT2D eigenvalue weighted by atomic mass is 9.96. The molecule has 0 aliphatic heterocycles. The molecular weight excluding hydrogens is 386 g/mol. The molecular formula is C20H28ClNO6. The van der Waals surface area contributed by atoms with Crippen LogP contribution in [0.4, 0.5) is 4.79 Å². The number of carboxylic acid groups (broad SMARTS) is 1. The number of rotatable bonds is 10. The van der Waals surface area contributed by atoms with Gasteiger partial charge in [0, 0.05) is 29.8 Å². The van der Waals surface area contributed by atoms with Crippen LogP contribution in [-0.4, -0.2) is 36.0 Å². The van der Waals surface area contributed by atoms with Crippen molar-refractivity contribution in [3.05, 3.63) is 34.9 Å². The van der Waals surface area contributed by atoms with Gasteiger partial charge in [0.15, 0.2) is 0 Å². The smallest absolute Gasteiger partial charge is 0.410 e. The Morgan fingerprint density at radius 2 is 1.64 bits per heavy atom. The summed E-state index contributed by atoms with van der Waals surface area (Å²) in [6.07, 6.45) is -1.73. The molecule has 1 aromatic rings. The van der Waals surface area contributed by atoms with Gasteiger partial charge in [0.05, 0.1) is 6.42 Å². The van der Waals surface area contributed by atoms with Gasteiger partial charge in [-0.15, -0.1) is 0 Å². The maximum absolute atomic E-state index is 12.1. The molecule has 2 N–H and O–H groups in total. The lowest BCUT2D eigenvalue weighted by Crippen LogP contribution is -2.36. The van der Waals surface area contributed by atoms with Crippen LogP contribution in [0.15, 0.2) is 24.3 Å². The lowest BCUT2D eigenvalue weighted by Gasteiger charge is -2.23. The van der Waals surface area contributed by atoms with Crippen LogP contribution in [0.5, 0.6) is 0 Å². The second-order valence-corrected chi connectivity index (χ2v) is 7.77. The summed E-state index contributed by atoms with van der Waals surface area (Å²) >= 11 is 5.86. The molecule has 0 heterocycles. The highest BCUT2D eigenvalue weighted by Crippen LogP contribution is 2.21. The van der Waals surface area contributed by atoms with Gasteiger partial charge in [0.25, 0.3) is 6.29 Å². The van der Waals surface area contributed by atoms with Crippen LogP contribution in [-0.2, 0) is 19.1 Å². The maximum Gasteiger partial charge on any atom is 0.410 e. The van der Waals surface area contributed by atoms with Crippen LogP contribution in [0.2, 0.25) is 5.02 Å². The van der Waals surface area contributed by atoms with Gasteiger partial charge in [-0.1, -0.05) is 51.4 Å². The number of amides is 1. The monoisotopic (exact) mass is 413 g/mol. The fourth-order valence-electron chi connectivity index (χ4n) is 2.41. The molecule has 0 saturated carbocycles. The van der Waals surface area contributed by atoms with E-state index in [1.54, 1.807) is 38.1 Å². The predicted molar refractivity (Wildman–Crippen MR) is 105 cm³/mol. The Balaban J connectivity index is 2.67. The zero-order valence-corrected chi connectivity index (χ0v) is 17.4. The van der Waals surface area contributed by atoms with Crippen LogP contribution in [0.25, 0.3) is 0 Å². The molecule has 2 atom stereocenters. The molecule has 8 heteroatoms. The van der Waals surface area contributed by atoms with Gasteiger partial charge < -0.3 is 19.9 Å². The number of hydrogen-bond donors (Lipinski definition) is 2. The molecule has 156 valence electrons. The lowest BCUT2D eigenvalue weighted by molar-refractivity contribution is -0.175. The van der Waals surface area contributed by atoms with Crippen LogP contribution in [0.1, 0.15) is 52.0 Å². The molecule has 1 rings (SSSR count). The highest BCUT2D eigenvalue weighted by atomic mass is 35.5. The van der Waals surface area contributed by atoms with Crippen molar-refractivity contribution in [3.63, 3.8) is 0 Å². The Bertz CT molecular complexity index is 659. The Labute approximate surface area is 170 Å². The number of aliphatic carboxylic acids is 1. The van der Waals surface area contributed by atoms with E-state index in [-0.39, 0.29) is 31.2 Å². The van der Waals surface area contributed by atoms with Gasteiger partial charge in [-0.05, 0) is 23.6 Å². The summed E-state index contributed by atoms with van der Waals surface area (Å²) in [4.78, 5) is 35.1. The number of ether oxygens (including phenoxy) is 2. The first-order chi connectivity index (χ1) is 13.1. The number of hydrogen-bond acceptors (Lipinski definition) is 5. The SMILES string of the molecule is CC(C)CC(=O)O[C@@H](OC(=O)NC[C@H](CC(=O)O)c1ccc(Cl)cc1)C(C)C. The molecule has 0 spiro atoms. The zero-order chi connectivity index (χ0) is 21.3. The normalized spacial score (nSPS) is 13.1. The summed E-state index contributed by atoms with van der Waals surface area (Å²) in [6, 6.07) is 6.75. The van der Waals surface area contributed by atoms with E-state index in [2.05, 4.69) is 5.32 Å². The number of esters is 1. The summed E-state index contributed by atoms with van der Waals surface area (Å²) < 4.78 is 10.4. The summed E-state index contributed by atoms with van der Waals surface area (Å²) in [5.41, 5.74) is 0.732. The Kier molecular flexibility index (Phi) is 9.79. The van der Waals surface area contributed by atoms with E-state index in [0.717, 1.165) is 5.56 Å². The number of carboxylic acids is 1. The fraction of sp³-hybridized carbons (Fsp3) is 0.550. The Morgan fingerprint density at radius 3 is 2.14 bits per heavy atom. The summed E-state index contributed by atoms with van der Waals surface area (Å²) in [5.74, 6) is -1.98. The Hall–Kier alpha value is -2.28. The van der Waals surface area contributed by atoms with Crippen molar-refractivity contribution < 1.29 is 29.0 Å². The average molecular weight is 414 g/mol. The standard InChI is InChI=1S/C20H28ClNO6/c1-12(2)9-18(25)27-19(13(3)4)28-20(26)22-11-15(10-17(23)24)14-5-7-16(21)8-6-14/h5-8,12-13,15,19H,9-11H2,1-4H3,(H,22,26)(H,23,24)/t15-,19-/m0/s1. The van der Waals surface area contributed by atoms with Crippen molar-refractivity contribution in [2.45, 2.75) is 52.7 Å². The third kappa shape index (κ3) is 9.08. The topological polar surface area (TPSA) is 102 Å². The number of benzene rings is 1. The van der Waals surface area contributed by atoms with Crippen LogP contribution < -0.4 is 5.32 Å². The van der Waals surface area contributed by atoms with Crippen molar-refractivity contribution in [1.82, 2.24) is 5.32 Å². The van der Waals surface area contributed by atoms with E-state index in [1.165, 1.54) is 0 Å². The van der Waals surface area contributed by atoms with Gasteiger partial charge in [0.2, 0.25) is 0 Å². The van der Waals surface area contributed by atoms with Crippen molar-refractivity contribution in [2.24, 2.45) is 11.8 Å². The molecule has 0 fully saturated rings. The second-order valence-electron chi connectivity index (χ2n) is 7.33. The quantitative estimate of drug-likeness (QED) is 0.440. The average Bonchev–Trinajstić information content (AvgIpc) is 2.57. The molecule has 0 saturated heterocycles. The van der Waals surface area contributed by atoms with Crippen LogP contribution in [0.3, 0.4) is 0 Å². The van der Waals surface area contributed by atoms with E-state index < -0.39 is 30.2 Å². The minimum absolute atomic E-state index is 0.0531. The van der Waals surface area contributed by atoms with E-state index in [9.17, 15) is 14.4 Å². The van der Waals surface area contributed by atoms with Crippen LogP contribution in [0, 0.1) is 11.8 Å². The minimum atomic E-state index is -1.01. The number of halogens is 1. The van der Waals surface area contributed by atoms with Gasteiger partial charge in [0.1, 0.15) is 0 Å². The first-order valence-electron chi connectivity index (χ1n) is 9.19. The largest absolute Gasteiger partial charge is 0.481 e. The van der Waals surface area contributed by atoms with Crippen molar-refractivity contribution in [1.29, 1.82) is 0 Å². The first-order valence-corrected chi connectivity index (χ1v) is 9.57. The number of carbonyl (C=O) groups is 3. The maximum atomic E-state index is 12.1. The molecule has 0 radical (unpaired) electrons. The fourth-order valence-corrected chi connectivity index (χ4v) is 2.54. The van der Waals surface area contributed by atoms with Crippen molar-refractivity contribution >= 4 is 29.6 Å². The predicted octanol–water partition coefficient (Wildman–Crippen LogP) is 4.20. The highest BCUT2D eigenvalue weighted by Gasteiger charge is 2.24. The third-order valence-corrected chi connectivity index (χ3v) is 4.10. The van der Waals surface area contributed by atoms with Crippen molar-refractivity contribution in [3.8, 4) is 0 Å². The number of nitrogens with one attached hydrogen (secondary N) is 1. The van der Waals surface area contributed by atoms with E-state index >= 15 is 0 Å². The Morgan fingerprint density at radius 1 is 1.04 bits per heavy atom. The molecule has 0 aliphatic rings. The van der Waals surface area contributed by atoms with Gasteiger partial charge >= 0.3 is 18.0 Å². The molecule has 1 amide bonds. The molecule has 0 unspecified atom stereocenters. The first kappa shape index (κ1) is 23.8. The minimum Gasteiger partial charge on any atom is -0.481 e. The van der Waals surface area contributed by atoms with Gasteiger partial charge in [-0.2, -0.15) is 0 Å². The van der Waals surface area contributed by atoms with E-state index in [4.69, 9.17) is 26.2 Å². The summed E-state index contributed by atoms with van der Waals surface area (Å²) in [5, 5.41) is 12.2. The molecule has 0 bridgehead atoms. The van der Waals surface area contributed by atoms with Gasteiger partial charge in [-0.3, -0.25) is 9.59 Å². The highest BCUT2D eigenvalue weighted by molar-refractivity contribution is 6.30. The molecule has 0 aliphatic carbocycles. The summed E-state index contributed by atoms with van der Waals surface area (Å²) in [7, 11) is 0. The van der Waals surface area contributed by atoms with Gasteiger partial charge in [-0.25, -0.2) is 4.79 Å². The molecule has 0 aromatic heterocycles. The molecule has 1 aromatic carbocycles. The number of alkyl carbamates (subject to hydrolysis) is 1. The molecule has 7 nitrogen and oxygen atoms in total.